The Bertz CT molecular complexity index is 1680. The van der Waals surface area contributed by atoms with Crippen molar-refractivity contribution >= 4 is 60.4 Å². The number of esters is 2. The number of nitrogens with two attached hydrogens (primary N) is 1. The maximum Gasteiger partial charge on any atom is 0.404 e. The standard InChI is InChI=1S/C32H40Cl2N5O8PS/c1-7-44-30(40)20(5)37-48(43,38-21(6)31(41)45-8-2)18-47-25-11-9-22(10-12-25)16-39-27(17-46-32(35)42)36-28(19(3)4)29(39)49-26-14-23(33)13-24(34)15-26/h9-15,19,21H,5,7-8,16-18H2,1-4,6H3,(H2,35,42)(H2,37,38,43)/t21-,48?/m0/s1. The molecule has 4 N–H and O–H groups in total. The molecule has 0 saturated heterocycles. The van der Waals surface area contributed by atoms with E-state index in [2.05, 4.69) is 16.8 Å². The Labute approximate surface area is 299 Å². The van der Waals surface area contributed by atoms with Gasteiger partial charge in [-0.15, -0.1) is 0 Å². The van der Waals surface area contributed by atoms with Crippen LogP contribution in [-0.2, 0) is 41.5 Å². The fourth-order valence-electron chi connectivity index (χ4n) is 4.35. The topological polar surface area (TPSA) is 173 Å². The van der Waals surface area contributed by atoms with Crippen LogP contribution in [-0.4, -0.2) is 53.2 Å². The Balaban J connectivity index is 1.88. The lowest BCUT2D eigenvalue weighted by molar-refractivity contribution is -0.144. The number of carbonyl (C=O) groups excluding carboxylic acids is 3. The fraction of sp³-hybridized carbons (Fsp3) is 0.375. The van der Waals surface area contributed by atoms with Crippen LogP contribution in [0.2, 0.25) is 10.0 Å². The van der Waals surface area contributed by atoms with E-state index >= 15 is 0 Å². The Morgan fingerprint density at radius 2 is 1.65 bits per heavy atom. The molecule has 0 spiro atoms. The molecule has 0 aliphatic rings. The third kappa shape index (κ3) is 12.0. The number of imidazole rings is 1. The molecule has 49 heavy (non-hydrogen) atoms. The van der Waals surface area contributed by atoms with Gasteiger partial charge in [0.05, 0.1) is 18.9 Å². The summed E-state index contributed by atoms with van der Waals surface area (Å²) in [4.78, 5) is 41.5. The smallest absolute Gasteiger partial charge is 0.404 e. The molecule has 1 aromatic heterocycles. The van der Waals surface area contributed by atoms with Crippen molar-refractivity contribution in [2.45, 2.75) is 69.7 Å². The highest BCUT2D eigenvalue weighted by atomic mass is 35.5. The van der Waals surface area contributed by atoms with Gasteiger partial charge in [0.2, 0.25) is 0 Å². The van der Waals surface area contributed by atoms with Crippen LogP contribution < -0.4 is 20.6 Å². The summed E-state index contributed by atoms with van der Waals surface area (Å²) < 4.78 is 36.7. The second-order valence-electron chi connectivity index (χ2n) is 10.8. The molecule has 13 nitrogen and oxygen atoms in total. The van der Waals surface area contributed by atoms with Crippen molar-refractivity contribution in [3.63, 3.8) is 0 Å². The van der Waals surface area contributed by atoms with Crippen molar-refractivity contribution in [2.75, 3.05) is 19.6 Å². The maximum atomic E-state index is 13.9. The quantitative estimate of drug-likeness (QED) is 0.0535. The van der Waals surface area contributed by atoms with Crippen molar-refractivity contribution in [2.24, 2.45) is 5.73 Å². The number of hydrogen-bond acceptors (Lipinski definition) is 10. The van der Waals surface area contributed by atoms with Gasteiger partial charge >= 0.3 is 18.0 Å². The number of ether oxygens (including phenoxy) is 4. The zero-order valence-corrected chi connectivity index (χ0v) is 31.0. The lowest BCUT2D eigenvalue weighted by Crippen LogP contribution is -2.39. The predicted octanol–water partition coefficient (Wildman–Crippen LogP) is 6.85. The summed E-state index contributed by atoms with van der Waals surface area (Å²) in [6.45, 7) is 12.8. The number of halogens is 2. The minimum atomic E-state index is -3.80. The van der Waals surface area contributed by atoms with Gasteiger partial charge < -0.3 is 34.3 Å². The number of hydrogen-bond donors (Lipinski definition) is 3. The van der Waals surface area contributed by atoms with Crippen molar-refractivity contribution in [3.05, 3.63) is 81.9 Å². The van der Waals surface area contributed by atoms with Crippen LogP contribution in [0.5, 0.6) is 5.75 Å². The van der Waals surface area contributed by atoms with Crippen LogP contribution in [0.1, 0.15) is 57.6 Å². The third-order valence-corrected chi connectivity index (χ3v) is 9.98. The maximum absolute atomic E-state index is 13.9. The lowest BCUT2D eigenvalue weighted by atomic mass is 10.1. The van der Waals surface area contributed by atoms with Crippen LogP contribution in [0.25, 0.3) is 0 Å². The molecule has 0 aliphatic carbocycles. The zero-order chi connectivity index (χ0) is 36.3. The molecule has 266 valence electrons. The van der Waals surface area contributed by atoms with E-state index in [9.17, 15) is 18.9 Å². The summed E-state index contributed by atoms with van der Waals surface area (Å²) in [7, 11) is -3.80. The van der Waals surface area contributed by atoms with Gasteiger partial charge in [0.25, 0.3) is 7.44 Å². The molecule has 0 aliphatic heterocycles. The lowest BCUT2D eigenvalue weighted by Gasteiger charge is -2.25. The number of nitrogens with zero attached hydrogens (tertiary/aromatic N) is 2. The first-order chi connectivity index (χ1) is 23.1. The van der Waals surface area contributed by atoms with Crippen LogP contribution in [0.3, 0.4) is 0 Å². The van der Waals surface area contributed by atoms with Gasteiger partial charge in [-0.25, -0.2) is 19.7 Å². The molecule has 17 heteroatoms. The number of primary amides is 1. The van der Waals surface area contributed by atoms with E-state index in [0.717, 1.165) is 21.2 Å². The van der Waals surface area contributed by atoms with Crippen LogP contribution in [0.4, 0.5) is 4.79 Å². The van der Waals surface area contributed by atoms with E-state index in [1.165, 1.54) is 18.7 Å². The Morgan fingerprint density at radius 3 is 2.22 bits per heavy atom. The van der Waals surface area contributed by atoms with Gasteiger partial charge in [0, 0.05) is 21.5 Å². The summed E-state index contributed by atoms with van der Waals surface area (Å²) in [6.07, 6.45) is -1.38. The van der Waals surface area contributed by atoms with E-state index in [1.54, 1.807) is 56.3 Å². The van der Waals surface area contributed by atoms with Gasteiger partial charge in [-0.3, -0.25) is 9.36 Å². The molecule has 3 aromatic rings. The number of nitrogens with one attached hydrogen (secondary N) is 2. The second-order valence-corrected chi connectivity index (χ2v) is 15.0. The number of aromatic nitrogens is 2. The zero-order valence-electron chi connectivity index (χ0n) is 27.8. The van der Waals surface area contributed by atoms with Gasteiger partial charge in [0.1, 0.15) is 28.3 Å². The molecule has 2 aromatic carbocycles. The second kappa shape index (κ2) is 18.4. The third-order valence-electron chi connectivity index (χ3n) is 6.52. The fourth-order valence-corrected chi connectivity index (χ4v) is 8.06. The SMILES string of the molecule is C=C(NP(=O)(COc1ccc(Cn2c(COC(N)=O)nc(C(C)C)c2Sc2cc(Cl)cc(Cl)c2)cc1)N[C@@H](C)C(=O)OCC)C(=O)OCC. The highest BCUT2D eigenvalue weighted by Gasteiger charge is 2.31. The van der Waals surface area contributed by atoms with Crippen molar-refractivity contribution in [3.8, 4) is 5.75 Å². The average molecular weight is 757 g/mol. The Morgan fingerprint density at radius 1 is 1.02 bits per heavy atom. The van der Waals surface area contributed by atoms with Crippen molar-refractivity contribution < 1.29 is 37.9 Å². The molecule has 0 bridgehead atoms. The van der Waals surface area contributed by atoms with Crippen molar-refractivity contribution in [1.82, 2.24) is 19.7 Å². The van der Waals surface area contributed by atoms with Crippen LogP contribution >= 0.6 is 42.4 Å². The minimum absolute atomic E-state index is 0.0193. The summed E-state index contributed by atoms with van der Waals surface area (Å²) in [6, 6.07) is 11.2. The molecular weight excluding hydrogens is 716 g/mol. The molecule has 0 radical (unpaired) electrons. The Kier molecular flexibility index (Phi) is 14.9. The minimum Gasteiger partial charge on any atom is -0.483 e. The van der Waals surface area contributed by atoms with Crippen LogP contribution in [0.15, 0.2) is 64.7 Å². The molecule has 2 atom stereocenters. The summed E-state index contributed by atoms with van der Waals surface area (Å²) in [5.41, 5.74) is 6.61. The average Bonchev–Trinajstić information content (AvgIpc) is 3.35. The predicted molar refractivity (Wildman–Crippen MR) is 188 cm³/mol. The number of rotatable bonds is 18. The first-order valence-electron chi connectivity index (χ1n) is 15.2. The van der Waals surface area contributed by atoms with E-state index in [0.29, 0.717) is 28.2 Å². The van der Waals surface area contributed by atoms with E-state index in [4.69, 9.17) is 52.9 Å². The van der Waals surface area contributed by atoms with Crippen molar-refractivity contribution in [1.29, 1.82) is 0 Å². The largest absolute Gasteiger partial charge is 0.483 e. The normalized spacial score (nSPS) is 12.9. The number of benzene rings is 2. The van der Waals surface area contributed by atoms with Gasteiger partial charge in [-0.2, -0.15) is 0 Å². The van der Waals surface area contributed by atoms with Gasteiger partial charge in [-0.1, -0.05) is 67.5 Å². The van der Waals surface area contributed by atoms with E-state index < -0.39 is 37.9 Å². The monoisotopic (exact) mass is 755 g/mol. The van der Waals surface area contributed by atoms with Gasteiger partial charge in [0.15, 0.2) is 13.0 Å². The summed E-state index contributed by atoms with van der Waals surface area (Å²) in [5.74, 6) is -0.575. The van der Waals surface area contributed by atoms with E-state index in [1.807, 2.05) is 18.4 Å². The first kappa shape index (κ1) is 39.8. The first-order valence-corrected chi connectivity index (χ1v) is 18.7. The van der Waals surface area contributed by atoms with Crippen LogP contribution in [0, 0.1) is 0 Å². The molecule has 0 fully saturated rings. The molecular formula is C32H40Cl2N5O8PS. The van der Waals surface area contributed by atoms with Gasteiger partial charge in [-0.05, 0) is 62.6 Å². The number of carbonyl (C=O) groups is 3. The number of amides is 1. The highest BCUT2D eigenvalue weighted by Crippen LogP contribution is 2.40. The molecule has 0 saturated carbocycles. The molecule has 1 amide bonds. The molecule has 1 unspecified atom stereocenters. The Hall–Kier alpha value is -3.68. The molecule has 1 heterocycles. The molecule has 3 rings (SSSR count). The summed E-state index contributed by atoms with van der Waals surface area (Å²) in [5, 5.41) is 7.01. The van der Waals surface area contributed by atoms with E-state index in [-0.39, 0.29) is 31.4 Å². The highest BCUT2D eigenvalue weighted by molar-refractivity contribution is 7.99. The summed E-state index contributed by atoms with van der Waals surface area (Å²) >= 11 is 14.0.